The summed E-state index contributed by atoms with van der Waals surface area (Å²) in [6.07, 6.45) is 0. The Kier molecular flexibility index (Phi) is 8.44. The van der Waals surface area contributed by atoms with E-state index in [4.69, 9.17) is 0 Å². The van der Waals surface area contributed by atoms with Gasteiger partial charge in [-0.1, -0.05) is 65.9 Å². The third-order valence-electron chi connectivity index (χ3n) is 5.03. The molecule has 0 aliphatic carbocycles. The first-order valence-electron chi connectivity index (χ1n) is 10.7. The monoisotopic (exact) mass is 451 g/mol. The highest BCUT2D eigenvalue weighted by Crippen LogP contribution is 2.24. The Bertz CT molecular complexity index is 1050. The van der Waals surface area contributed by atoms with E-state index in [1.807, 2.05) is 73.9 Å². The molecule has 0 fully saturated rings. The number of hydrogen-bond donors (Lipinski definition) is 1. The summed E-state index contributed by atoms with van der Waals surface area (Å²) < 4.78 is 2.00. The molecule has 0 unspecified atom stereocenters. The van der Waals surface area contributed by atoms with Crippen molar-refractivity contribution < 1.29 is 9.59 Å². The van der Waals surface area contributed by atoms with Crippen LogP contribution in [0, 0.1) is 6.92 Å². The van der Waals surface area contributed by atoms with Crippen LogP contribution in [-0.4, -0.2) is 50.3 Å². The number of rotatable bonds is 10. The van der Waals surface area contributed by atoms with Crippen LogP contribution in [0.2, 0.25) is 0 Å². The molecular formula is C24H29N5O2S. The molecule has 2 aromatic carbocycles. The molecule has 3 aromatic rings. The molecule has 32 heavy (non-hydrogen) atoms. The molecule has 0 atom stereocenters. The van der Waals surface area contributed by atoms with Crippen molar-refractivity contribution in [3.63, 3.8) is 0 Å². The van der Waals surface area contributed by atoms with Gasteiger partial charge in [-0.05, 0) is 32.4 Å². The van der Waals surface area contributed by atoms with E-state index in [2.05, 4.69) is 21.6 Å². The van der Waals surface area contributed by atoms with Gasteiger partial charge < -0.3 is 14.8 Å². The summed E-state index contributed by atoms with van der Waals surface area (Å²) in [4.78, 5) is 26.6. The Morgan fingerprint density at radius 3 is 2.53 bits per heavy atom. The predicted molar refractivity (Wildman–Crippen MR) is 127 cm³/mol. The highest BCUT2D eigenvalue weighted by molar-refractivity contribution is 7.99. The first kappa shape index (κ1) is 23.5. The number of nitrogens with zero attached hydrogens (tertiary/aromatic N) is 4. The third-order valence-corrected chi connectivity index (χ3v) is 6.00. The van der Waals surface area contributed by atoms with Crippen molar-refractivity contribution >= 4 is 23.6 Å². The van der Waals surface area contributed by atoms with Crippen LogP contribution in [0.25, 0.3) is 11.4 Å². The molecular weight excluding hydrogens is 422 g/mol. The van der Waals surface area contributed by atoms with Gasteiger partial charge in [-0.25, -0.2) is 0 Å². The van der Waals surface area contributed by atoms with E-state index >= 15 is 0 Å². The summed E-state index contributed by atoms with van der Waals surface area (Å²) >= 11 is 1.32. The molecule has 0 radical (unpaired) electrons. The standard InChI is InChI=1S/C24H29N5O2S/c1-4-28(16-19-11-7-6-8-12-19)22(31)15-25-21(30)17-32-24-27-26-23(29(24)5-2)20-13-9-10-18(3)14-20/h6-14H,4-5,15-17H2,1-3H3,(H,25,30). The van der Waals surface area contributed by atoms with Crippen LogP contribution < -0.4 is 5.32 Å². The van der Waals surface area contributed by atoms with Crippen LogP contribution in [0.4, 0.5) is 0 Å². The minimum atomic E-state index is -0.207. The number of likely N-dealkylation sites (N-methyl/N-ethyl adjacent to an activating group) is 1. The Labute approximate surface area is 193 Å². The van der Waals surface area contributed by atoms with Crippen LogP contribution in [0.5, 0.6) is 0 Å². The smallest absolute Gasteiger partial charge is 0.242 e. The Balaban J connectivity index is 1.53. The van der Waals surface area contributed by atoms with Gasteiger partial charge in [0.25, 0.3) is 0 Å². The molecule has 0 bridgehead atoms. The van der Waals surface area contributed by atoms with E-state index in [0.717, 1.165) is 22.5 Å². The van der Waals surface area contributed by atoms with Gasteiger partial charge in [0.05, 0.1) is 12.3 Å². The van der Waals surface area contributed by atoms with Crippen molar-refractivity contribution in [3.05, 3.63) is 65.7 Å². The fourth-order valence-corrected chi connectivity index (χ4v) is 4.16. The number of aryl methyl sites for hydroxylation is 1. The second-order valence-electron chi connectivity index (χ2n) is 7.38. The van der Waals surface area contributed by atoms with Crippen LogP contribution >= 0.6 is 11.8 Å². The topological polar surface area (TPSA) is 80.1 Å². The second kappa shape index (κ2) is 11.5. The molecule has 0 aliphatic rings. The minimum Gasteiger partial charge on any atom is -0.346 e. The summed E-state index contributed by atoms with van der Waals surface area (Å²) in [5.74, 6) is 0.646. The molecule has 8 heteroatoms. The largest absolute Gasteiger partial charge is 0.346 e. The predicted octanol–water partition coefficient (Wildman–Crippen LogP) is 3.53. The van der Waals surface area contributed by atoms with Crippen molar-refractivity contribution in [2.45, 2.75) is 39.0 Å². The van der Waals surface area contributed by atoms with Gasteiger partial charge in [-0.2, -0.15) is 0 Å². The quantitative estimate of drug-likeness (QED) is 0.477. The van der Waals surface area contributed by atoms with E-state index in [1.54, 1.807) is 4.90 Å². The van der Waals surface area contributed by atoms with Gasteiger partial charge in [0.15, 0.2) is 11.0 Å². The van der Waals surface area contributed by atoms with Crippen molar-refractivity contribution in [1.82, 2.24) is 25.0 Å². The zero-order valence-corrected chi connectivity index (χ0v) is 19.6. The Hall–Kier alpha value is -3.13. The van der Waals surface area contributed by atoms with E-state index in [-0.39, 0.29) is 24.1 Å². The van der Waals surface area contributed by atoms with Crippen LogP contribution in [0.3, 0.4) is 0 Å². The van der Waals surface area contributed by atoms with Crippen molar-refractivity contribution in [1.29, 1.82) is 0 Å². The first-order chi connectivity index (χ1) is 15.5. The number of aromatic nitrogens is 3. The fourth-order valence-electron chi connectivity index (χ4n) is 3.33. The number of carbonyl (C=O) groups excluding carboxylic acids is 2. The number of hydrogen-bond acceptors (Lipinski definition) is 5. The fraction of sp³-hybridized carbons (Fsp3) is 0.333. The molecule has 1 heterocycles. The maximum atomic E-state index is 12.5. The first-order valence-corrected chi connectivity index (χ1v) is 11.7. The van der Waals surface area contributed by atoms with Gasteiger partial charge in [-0.3, -0.25) is 9.59 Å². The summed E-state index contributed by atoms with van der Waals surface area (Å²) in [5.41, 5.74) is 3.21. The van der Waals surface area contributed by atoms with E-state index < -0.39 is 0 Å². The average molecular weight is 452 g/mol. The summed E-state index contributed by atoms with van der Waals surface area (Å²) in [6.45, 7) is 7.79. The minimum absolute atomic E-state index is 0.0188. The third kappa shape index (κ3) is 6.20. The van der Waals surface area contributed by atoms with Gasteiger partial charge in [0.2, 0.25) is 11.8 Å². The maximum absolute atomic E-state index is 12.5. The van der Waals surface area contributed by atoms with E-state index in [1.165, 1.54) is 11.8 Å². The SMILES string of the molecule is CCN(Cc1ccccc1)C(=O)CNC(=O)CSc1nnc(-c2cccc(C)c2)n1CC. The number of benzene rings is 2. The highest BCUT2D eigenvalue weighted by Gasteiger charge is 2.16. The lowest BCUT2D eigenvalue weighted by Gasteiger charge is -2.21. The molecule has 0 spiro atoms. The highest BCUT2D eigenvalue weighted by atomic mass is 32.2. The molecule has 168 valence electrons. The molecule has 0 saturated heterocycles. The van der Waals surface area contributed by atoms with Crippen LogP contribution in [-0.2, 0) is 22.7 Å². The van der Waals surface area contributed by atoms with Gasteiger partial charge >= 0.3 is 0 Å². The van der Waals surface area contributed by atoms with E-state index in [9.17, 15) is 9.59 Å². The van der Waals surface area contributed by atoms with Gasteiger partial charge in [0, 0.05) is 25.2 Å². The number of amides is 2. The average Bonchev–Trinajstić information content (AvgIpc) is 3.23. The molecule has 0 saturated carbocycles. The van der Waals surface area contributed by atoms with Crippen LogP contribution in [0.15, 0.2) is 59.8 Å². The number of thioether (sulfide) groups is 1. The number of carbonyl (C=O) groups is 2. The normalized spacial score (nSPS) is 10.7. The number of nitrogens with one attached hydrogen (secondary N) is 1. The van der Waals surface area contributed by atoms with Crippen molar-refractivity contribution in [3.8, 4) is 11.4 Å². The molecule has 2 amide bonds. The van der Waals surface area contributed by atoms with Crippen molar-refractivity contribution in [2.75, 3.05) is 18.8 Å². The van der Waals surface area contributed by atoms with Crippen molar-refractivity contribution in [2.24, 2.45) is 0 Å². The van der Waals surface area contributed by atoms with Gasteiger partial charge in [0.1, 0.15) is 0 Å². The van der Waals surface area contributed by atoms with E-state index in [0.29, 0.717) is 24.8 Å². The Morgan fingerprint density at radius 1 is 1.06 bits per heavy atom. The molecule has 1 aromatic heterocycles. The summed E-state index contributed by atoms with van der Waals surface area (Å²) in [5, 5.41) is 12.0. The maximum Gasteiger partial charge on any atom is 0.242 e. The second-order valence-corrected chi connectivity index (χ2v) is 8.32. The molecule has 0 aliphatic heterocycles. The lowest BCUT2D eigenvalue weighted by Crippen LogP contribution is -2.40. The molecule has 1 N–H and O–H groups in total. The summed E-state index contributed by atoms with van der Waals surface area (Å²) in [7, 11) is 0. The van der Waals surface area contributed by atoms with Crippen LogP contribution in [0.1, 0.15) is 25.0 Å². The lowest BCUT2D eigenvalue weighted by molar-refractivity contribution is -0.132. The summed E-state index contributed by atoms with van der Waals surface area (Å²) in [6, 6.07) is 17.9. The zero-order valence-electron chi connectivity index (χ0n) is 18.7. The lowest BCUT2D eigenvalue weighted by atomic mass is 10.1. The molecule has 7 nitrogen and oxygen atoms in total. The van der Waals surface area contributed by atoms with Gasteiger partial charge in [-0.15, -0.1) is 10.2 Å². The Morgan fingerprint density at radius 2 is 1.84 bits per heavy atom. The molecule has 3 rings (SSSR count). The zero-order chi connectivity index (χ0) is 22.9.